The number of fused-ring (bicyclic) bond motifs is 8. The lowest BCUT2D eigenvalue weighted by Crippen LogP contribution is -2.43. The summed E-state index contributed by atoms with van der Waals surface area (Å²) in [5.41, 5.74) is 11.5. The van der Waals surface area contributed by atoms with Crippen LogP contribution in [0.2, 0.25) is 0 Å². The van der Waals surface area contributed by atoms with Crippen LogP contribution in [-0.2, 0) is 14.3 Å². The molecule has 6 heterocycles. The molecule has 2 atom stereocenters. The number of aryl methyl sites for hydroxylation is 1. The Morgan fingerprint density at radius 3 is 2.03 bits per heavy atom. The first-order chi connectivity index (χ1) is 34.5. The van der Waals surface area contributed by atoms with Gasteiger partial charge in [-0.3, -0.25) is 19.3 Å². The topological polar surface area (TPSA) is 142 Å². The maximum absolute atomic E-state index is 15.1. The molecule has 4 aliphatic rings. The average Bonchev–Trinajstić information content (AvgIpc) is 4.07. The van der Waals surface area contributed by atoms with Crippen molar-refractivity contribution in [1.29, 1.82) is 0 Å². The van der Waals surface area contributed by atoms with Gasteiger partial charge in [0.2, 0.25) is 5.91 Å². The lowest BCUT2D eigenvalue weighted by molar-refractivity contribution is -0.121. The van der Waals surface area contributed by atoms with E-state index in [0.717, 1.165) is 75.3 Å². The molecule has 364 valence electrons. The van der Waals surface area contributed by atoms with Gasteiger partial charge in [0, 0.05) is 54.4 Å². The number of aromatic amines is 2. The molecule has 0 spiro atoms. The Morgan fingerprint density at radius 1 is 0.789 bits per heavy atom. The standard InChI is InChI=1S/C59H63N6O5P/c1-8-44-37(3)47-34-49-39(5)46(26-27-53(66)60-28-19-33-71(41-20-13-10-14-21-41,42-22-15-11-16-23-42)43-24-17-12-18-25-43)56(63-49)55-57-54(58(67)65(59(55)68)29-30-70-32-31-69-7)40(6)50(64-57)36-52-45(9-2)38(4)48(62-52)35-51(44)61-47/h8,10-18,20-25,34-36,39,46H,1,9,19,26-33H2,2-7H3,(H2-,60,61,62,63,64,66,67,68)/p+1/t39-,46-/m0/s1. The predicted octanol–water partition coefficient (Wildman–Crippen LogP) is 10.2. The summed E-state index contributed by atoms with van der Waals surface area (Å²) in [6, 6.07) is 38.5. The number of amides is 3. The molecule has 0 saturated carbocycles. The number of allylic oxidation sites excluding steroid dienone is 5. The van der Waals surface area contributed by atoms with Gasteiger partial charge in [-0.2, -0.15) is 0 Å². The van der Waals surface area contributed by atoms with Crippen molar-refractivity contribution >= 4 is 74.2 Å². The minimum Gasteiger partial charge on any atom is -0.382 e. The highest BCUT2D eigenvalue weighted by atomic mass is 31.2. The van der Waals surface area contributed by atoms with Gasteiger partial charge in [0.15, 0.2) is 0 Å². The van der Waals surface area contributed by atoms with Crippen LogP contribution in [0.1, 0.15) is 126 Å². The van der Waals surface area contributed by atoms with Crippen LogP contribution in [0, 0.1) is 6.92 Å². The van der Waals surface area contributed by atoms with Crippen LogP contribution in [-0.4, -0.2) is 88.7 Å². The summed E-state index contributed by atoms with van der Waals surface area (Å²) in [5.74, 6) is -1.31. The van der Waals surface area contributed by atoms with Gasteiger partial charge in [0.1, 0.15) is 23.2 Å². The lowest BCUT2D eigenvalue weighted by atomic mass is 9.84. The van der Waals surface area contributed by atoms with Gasteiger partial charge in [0.25, 0.3) is 11.8 Å². The highest BCUT2D eigenvalue weighted by molar-refractivity contribution is 7.95. The van der Waals surface area contributed by atoms with Gasteiger partial charge < -0.3 is 24.8 Å². The molecule has 9 rings (SSSR count). The van der Waals surface area contributed by atoms with Crippen LogP contribution in [0.5, 0.6) is 0 Å². The van der Waals surface area contributed by atoms with Gasteiger partial charge in [0.05, 0.1) is 71.9 Å². The number of ether oxygens (including phenoxy) is 2. The van der Waals surface area contributed by atoms with Crippen LogP contribution < -0.4 is 21.2 Å². The van der Waals surface area contributed by atoms with E-state index < -0.39 is 13.2 Å². The summed E-state index contributed by atoms with van der Waals surface area (Å²) in [6.45, 7) is 15.9. The van der Waals surface area contributed by atoms with Crippen LogP contribution in [0.25, 0.3) is 33.3 Å². The minimum atomic E-state index is -2.07. The molecule has 12 heteroatoms. The zero-order valence-corrected chi connectivity index (χ0v) is 42.6. The van der Waals surface area contributed by atoms with E-state index in [1.165, 1.54) is 20.8 Å². The number of rotatable bonds is 18. The molecule has 0 unspecified atom stereocenters. The fourth-order valence-electron chi connectivity index (χ4n) is 10.8. The van der Waals surface area contributed by atoms with E-state index >= 15 is 4.79 Å². The Morgan fingerprint density at radius 2 is 1.41 bits per heavy atom. The molecular weight excluding hydrogens is 904 g/mol. The molecule has 3 aromatic carbocycles. The third-order valence-corrected chi connectivity index (χ3v) is 19.2. The summed E-state index contributed by atoms with van der Waals surface area (Å²) in [6.07, 6.45) is 4.94. The second-order valence-electron chi connectivity index (χ2n) is 18.7. The number of benzene rings is 3. The molecule has 5 aromatic rings. The van der Waals surface area contributed by atoms with Crippen molar-refractivity contribution < 1.29 is 23.9 Å². The number of carbonyl (C=O) groups is 3. The molecule has 3 N–H and O–H groups in total. The van der Waals surface area contributed by atoms with Crippen molar-refractivity contribution in [2.24, 2.45) is 0 Å². The molecule has 71 heavy (non-hydrogen) atoms. The van der Waals surface area contributed by atoms with Gasteiger partial charge in [-0.25, -0.2) is 9.97 Å². The largest absolute Gasteiger partial charge is 0.382 e. The van der Waals surface area contributed by atoms with E-state index in [2.05, 4.69) is 140 Å². The minimum absolute atomic E-state index is 0.0542. The number of carbonyl (C=O) groups excluding carboxylic acids is 3. The summed E-state index contributed by atoms with van der Waals surface area (Å²) in [7, 11) is -0.463. The van der Waals surface area contributed by atoms with Crippen molar-refractivity contribution in [2.45, 2.75) is 72.1 Å². The van der Waals surface area contributed by atoms with Crippen molar-refractivity contribution in [3.8, 4) is 0 Å². The van der Waals surface area contributed by atoms with Crippen molar-refractivity contribution in [2.75, 3.05) is 46.2 Å². The highest BCUT2D eigenvalue weighted by Gasteiger charge is 2.45. The number of imide groups is 1. The molecule has 2 aromatic heterocycles. The predicted molar refractivity (Wildman–Crippen MR) is 289 cm³/mol. The molecule has 0 saturated heterocycles. The summed E-state index contributed by atoms with van der Waals surface area (Å²) in [5, 5.41) is 7.22. The Hall–Kier alpha value is -6.78. The van der Waals surface area contributed by atoms with Crippen molar-refractivity contribution in [3.05, 3.63) is 173 Å². The zero-order chi connectivity index (χ0) is 49.8. The molecule has 11 nitrogen and oxygen atoms in total. The van der Waals surface area contributed by atoms with E-state index in [-0.39, 0.29) is 43.2 Å². The second kappa shape index (κ2) is 21.3. The smallest absolute Gasteiger partial charge is 0.264 e. The molecule has 0 aliphatic carbocycles. The van der Waals surface area contributed by atoms with E-state index in [4.69, 9.17) is 19.4 Å². The number of nitrogens with zero attached hydrogens (tertiary/aromatic N) is 3. The number of H-pyrrole nitrogens is 2. The van der Waals surface area contributed by atoms with E-state index in [1.54, 1.807) is 7.11 Å². The number of aromatic nitrogens is 4. The Labute approximate surface area is 417 Å². The van der Waals surface area contributed by atoms with Gasteiger partial charge >= 0.3 is 0 Å². The first kappa shape index (κ1) is 49.2. The third kappa shape index (κ3) is 9.35. The Bertz CT molecular complexity index is 3040. The SMILES string of the molecule is C=CC1=C(C)c2cc3[nH]c(c4c5[nH]c(cc6nc(cc1n2)C(C)=C6CC)c(C)c5C(=O)N(CCOCCOC)C4=O)[C@@H](CCC(=O)NCCC[P+](c1ccccc1)(c1ccccc1)c1ccccc1)[C@@H]3C. The maximum Gasteiger partial charge on any atom is 0.264 e. The van der Waals surface area contributed by atoms with E-state index in [9.17, 15) is 9.59 Å². The van der Waals surface area contributed by atoms with Crippen LogP contribution >= 0.6 is 7.26 Å². The highest BCUT2D eigenvalue weighted by Crippen LogP contribution is 2.55. The fraction of sp³-hybridized carbons (Fsp3) is 0.305. The number of hydrogen-bond acceptors (Lipinski definition) is 7. The number of nitrogens with one attached hydrogen (secondary N) is 3. The fourth-order valence-corrected chi connectivity index (χ4v) is 15.2. The van der Waals surface area contributed by atoms with Gasteiger partial charge in [-0.15, -0.1) is 0 Å². The van der Waals surface area contributed by atoms with Gasteiger partial charge in [-0.1, -0.05) is 81.1 Å². The summed E-state index contributed by atoms with van der Waals surface area (Å²) >= 11 is 0. The third-order valence-electron chi connectivity index (χ3n) is 14.7. The molecular formula is C59H64N6O5P+. The zero-order valence-electron chi connectivity index (χ0n) is 41.7. The molecule has 0 radical (unpaired) electrons. The molecule has 4 aliphatic heterocycles. The Balaban J connectivity index is 1.09. The van der Waals surface area contributed by atoms with Crippen molar-refractivity contribution in [3.63, 3.8) is 0 Å². The lowest BCUT2D eigenvalue weighted by Gasteiger charge is -2.28. The summed E-state index contributed by atoms with van der Waals surface area (Å²) < 4.78 is 11.0. The number of methoxy groups -OCH3 is 1. The number of hydrogen-bond donors (Lipinski definition) is 3. The van der Waals surface area contributed by atoms with Crippen LogP contribution in [0.3, 0.4) is 0 Å². The maximum atomic E-state index is 15.1. The Kier molecular flexibility index (Phi) is 14.8. The van der Waals surface area contributed by atoms with E-state index in [1.807, 2.05) is 32.1 Å². The van der Waals surface area contributed by atoms with Crippen LogP contribution in [0.15, 0.2) is 122 Å². The summed E-state index contributed by atoms with van der Waals surface area (Å²) in [4.78, 5) is 62.7. The monoisotopic (exact) mass is 967 g/mol. The normalized spacial score (nSPS) is 16.2. The van der Waals surface area contributed by atoms with Gasteiger partial charge in [-0.05, 0) is 117 Å². The van der Waals surface area contributed by atoms with Crippen LogP contribution in [0.4, 0.5) is 0 Å². The van der Waals surface area contributed by atoms with Crippen molar-refractivity contribution in [1.82, 2.24) is 30.2 Å². The second-order valence-corrected chi connectivity index (χ2v) is 22.3. The quantitative estimate of drug-likeness (QED) is 0.0451. The van der Waals surface area contributed by atoms with E-state index in [0.29, 0.717) is 54.0 Å². The molecule has 3 amide bonds. The average molecular weight is 968 g/mol. The molecule has 8 bridgehead atoms. The first-order valence-electron chi connectivity index (χ1n) is 24.9. The first-order valence-corrected chi connectivity index (χ1v) is 26.8. The molecule has 0 fully saturated rings.